The van der Waals surface area contributed by atoms with Crippen molar-refractivity contribution in [1.29, 1.82) is 0 Å². The first-order valence-corrected chi connectivity index (χ1v) is 12.7. The summed E-state index contributed by atoms with van der Waals surface area (Å²) in [5.41, 5.74) is 3.85. The molecule has 1 heterocycles. The van der Waals surface area contributed by atoms with Crippen molar-refractivity contribution in [1.82, 2.24) is 9.80 Å². The fourth-order valence-corrected chi connectivity index (χ4v) is 4.28. The van der Waals surface area contributed by atoms with Crippen LogP contribution in [-0.2, 0) is 27.3 Å². The minimum Gasteiger partial charge on any atom is -0.429 e. The van der Waals surface area contributed by atoms with E-state index in [0.29, 0.717) is 23.6 Å². The summed E-state index contributed by atoms with van der Waals surface area (Å²) >= 11 is 3.40. The maximum Gasteiger partial charge on any atom is 0.330 e. The molecule has 0 fully saturated rings. The molecule has 3 aromatic rings. The average molecular weight is 578 g/mol. The topological polar surface area (TPSA) is 103 Å². The lowest BCUT2D eigenvalue weighted by molar-refractivity contribution is -0.141. The highest BCUT2D eigenvalue weighted by Crippen LogP contribution is 2.22. The van der Waals surface area contributed by atoms with Crippen molar-refractivity contribution in [2.24, 2.45) is 0 Å². The van der Waals surface area contributed by atoms with Gasteiger partial charge in [-0.15, -0.1) is 0 Å². The van der Waals surface area contributed by atoms with Gasteiger partial charge in [-0.25, -0.2) is 9.59 Å². The molecule has 0 aromatic heterocycles. The number of carbonyl (C=O) groups excluding carboxylic acids is 3. The van der Waals surface area contributed by atoms with Crippen LogP contribution in [0.15, 0.2) is 89.4 Å². The van der Waals surface area contributed by atoms with Crippen LogP contribution in [0.25, 0.3) is 0 Å². The number of anilines is 3. The second-order valence-corrected chi connectivity index (χ2v) is 9.71. The number of hydrogen-bond donors (Lipinski definition) is 3. The molecule has 0 unspecified atom stereocenters. The second kappa shape index (κ2) is 12.3. The molecule has 0 saturated heterocycles. The number of rotatable bonds is 8. The zero-order valence-electron chi connectivity index (χ0n) is 21.0. The Kier molecular flexibility index (Phi) is 8.65. The van der Waals surface area contributed by atoms with Gasteiger partial charge < -0.3 is 30.5 Å². The monoisotopic (exact) mass is 577 g/mol. The van der Waals surface area contributed by atoms with Crippen LogP contribution in [0.1, 0.15) is 11.1 Å². The summed E-state index contributed by atoms with van der Waals surface area (Å²) in [6.45, 7) is 0.825. The number of hydrogen-bond acceptors (Lipinski definition) is 6. The van der Waals surface area contributed by atoms with E-state index in [2.05, 4.69) is 31.9 Å². The molecule has 0 spiro atoms. The van der Waals surface area contributed by atoms with Crippen molar-refractivity contribution in [2.45, 2.75) is 13.0 Å². The molecule has 0 bridgehead atoms. The van der Waals surface area contributed by atoms with Crippen LogP contribution in [0.4, 0.5) is 21.9 Å². The van der Waals surface area contributed by atoms with Gasteiger partial charge in [0.15, 0.2) is 0 Å². The number of carbonyl (C=O) groups is 3. The number of esters is 1. The number of para-hydroxylation sites is 1. The number of nitrogens with zero attached hydrogens (tertiary/aromatic N) is 2. The zero-order chi connectivity index (χ0) is 27.1. The molecule has 9 nitrogen and oxygen atoms in total. The van der Waals surface area contributed by atoms with Gasteiger partial charge in [0.05, 0.1) is 12.1 Å². The number of likely N-dealkylation sites (N-methyl/N-ethyl adjacent to an activating group) is 1. The van der Waals surface area contributed by atoms with Crippen LogP contribution >= 0.6 is 15.9 Å². The van der Waals surface area contributed by atoms with Crippen LogP contribution in [0, 0.1) is 0 Å². The molecule has 38 heavy (non-hydrogen) atoms. The zero-order valence-corrected chi connectivity index (χ0v) is 22.6. The summed E-state index contributed by atoms with van der Waals surface area (Å²) < 4.78 is 5.81. The van der Waals surface area contributed by atoms with E-state index < -0.39 is 0 Å². The summed E-state index contributed by atoms with van der Waals surface area (Å²) in [5.74, 6) is 0.392. The van der Waals surface area contributed by atoms with Gasteiger partial charge in [-0.3, -0.25) is 4.79 Å². The minimum atomic E-state index is -0.358. The summed E-state index contributed by atoms with van der Waals surface area (Å²) in [4.78, 5) is 40.0. The Labute approximate surface area is 229 Å². The second-order valence-electron chi connectivity index (χ2n) is 8.86. The van der Waals surface area contributed by atoms with E-state index in [1.807, 2.05) is 66.4 Å². The number of amides is 3. The molecule has 0 saturated carbocycles. The minimum absolute atomic E-state index is 0.141. The Bertz CT molecular complexity index is 1340. The quantitative estimate of drug-likeness (QED) is 0.326. The van der Waals surface area contributed by atoms with E-state index in [0.717, 1.165) is 21.4 Å². The van der Waals surface area contributed by atoms with Crippen molar-refractivity contribution >= 4 is 50.9 Å². The Morgan fingerprint density at radius 3 is 2.21 bits per heavy atom. The van der Waals surface area contributed by atoms with Crippen LogP contribution in [-0.4, -0.2) is 48.3 Å². The number of nitrogens with one attached hydrogen (secondary N) is 3. The number of ether oxygens (including phenoxy) is 1. The SMILES string of the molecule is CN1CC(=O)OC=C1N(C)Cc1ccc(NC(=O)Cc2ccc(NC(=O)Nc3ccccc3Br)cc2)cc1. The standard InChI is InChI=1S/C28H28BrN5O4/c1-33(26-18-38-27(36)17-34(26)2)16-20-9-13-21(14-10-20)30-25(35)15-19-7-11-22(12-8-19)31-28(37)32-24-6-4-3-5-23(24)29/h3-14,18H,15-17H2,1-2H3,(H,30,35)(H2,31,32,37). The average Bonchev–Trinajstić information content (AvgIpc) is 2.87. The first-order valence-electron chi connectivity index (χ1n) is 11.9. The highest BCUT2D eigenvalue weighted by molar-refractivity contribution is 9.10. The molecule has 0 atom stereocenters. The van der Waals surface area contributed by atoms with E-state index >= 15 is 0 Å². The Balaban J connectivity index is 1.25. The molecule has 1 aliphatic heterocycles. The fourth-order valence-electron chi connectivity index (χ4n) is 3.89. The molecule has 0 radical (unpaired) electrons. The molecular weight excluding hydrogens is 550 g/mol. The summed E-state index contributed by atoms with van der Waals surface area (Å²) in [5, 5.41) is 8.47. The van der Waals surface area contributed by atoms with Crippen molar-refractivity contribution in [2.75, 3.05) is 36.6 Å². The van der Waals surface area contributed by atoms with E-state index in [4.69, 9.17) is 4.74 Å². The highest BCUT2D eigenvalue weighted by Gasteiger charge is 2.20. The third-order valence-electron chi connectivity index (χ3n) is 5.80. The van der Waals surface area contributed by atoms with E-state index in [-0.39, 0.29) is 30.9 Å². The maximum atomic E-state index is 12.6. The van der Waals surface area contributed by atoms with Gasteiger partial charge in [0.1, 0.15) is 18.6 Å². The molecule has 0 aliphatic carbocycles. The van der Waals surface area contributed by atoms with Gasteiger partial charge in [0.2, 0.25) is 5.91 Å². The molecular formula is C28H28BrN5O4. The summed E-state index contributed by atoms with van der Waals surface area (Å²) in [7, 11) is 3.76. The predicted octanol–water partition coefficient (Wildman–Crippen LogP) is 4.99. The first kappa shape index (κ1) is 26.7. The van der Waals surface area contributed by atoms with Crippen molar-refractivity contribution in [3.05, 3.63) is 100 Å². The molecule has 3 N–H and O–H groups in total. The van der Waals surface area contributed by atoms with Crippen LogP contribution in [0.5, 0.6) is 0 Å². The van der Waals surface area contributed by atoms with Crippen LogP contribution < -0.4 is 16.0 Å². The predicted molar refractivity (Wildman–Crippen MR) is 150 cm³/mol. The first-order chi connectivity index (χ1) is 18.3. The number of urea groups is 1. The van der Waals surface area contributed by atoms with Gasteiger partial charge in [-0.2, -0.15) is 0 Å². The Morgan fingerprint density at radius 1 is 0.921 bits per heavy atom. The molecule has 3 amide bonds. The van der Waals surface area contributed by atoms with Crippen molar-refractivity contribution < 1.29 is 19.1 Å². The maximum absolute atomic E-state index is 12.6. The number of benzene rings is 3. The van der Waals surface area contributed by atoms with Gasteiger partial charge in [-0.05, 0) is 63.5 Å². The highest BCUT2D eigenvalue weighted by atomic mass is 79.9. The van der Waals surface area contributed by atoms with Crippen molar-refractivity contribution in [3.8, 4) is 0 Å². The Morgan fingerprint density at radius 2 is 1.55 bits per heavy atom. The molecule has 10 heteroatoms. The summed E-state index contributed by atoms with van der Waals surface area (Å²) in [6.07, 6.45) is 1.66. The fraction of sp³-hybridized carbons (Fsp3) is 0.179. The largest absolute Gasteiger partial charge is 0.429 e. The third-order valence-corrected chi connectivity index (χ3v) is 6.49. The smallest absolute Gasteiger partial charge is 0.330 e. The van der Waals surface area contributed by atoms with Gasteiger partial charge in [-0.1, -0.05) is 36.4 Å². The molecule has 196 valence electrons. The van der Waals surface area contributed by atoms with Gasteiger partial charge in [0, 0.05) is 36.5 Å². The molecule has 3 aromatic carbocycles. The molecule has 1 aliphatic rings. The van der Waals surface area contributed by atoms with Gasteiger partial charge >= 0.3 is 12.0 Å². The van der Waals surface area contributed by atoms with Crippen LogP contribution in [0.3, 0.4) is 0 Å². The van der Waals surface area contributed by atoms with E-state index in [1.54, 1.807) is 30.3 Å². The lowest BCUT2D eigenvalue weighted by atomic mass is 10.1. The lowest BCUT2D eigenvalue weighted by Gasteiger charge is -2.32. The molecule has 4 rings (SSSR count). The van der Waals surface area contributed by atoms with E-state index in [1.165, 1.54) is 6.26 Å². The van der Waals surface area contributed by atoms with Gasteiger partial charge in [0.25, 0.3) is 0 Å². The summed E-state index contributed by atoms with van der Waals surface area (Å²) in [6, 6.07) is 21.7. The normalized spacial score (nSPS) is 12.8. The Hall–Kier alpha value is -4.31. The van der Waals surface area contributed by atoms with Crippen LogP contribution in [0.2, 0.25) is 0 Å². The van der Waals surface area contributed by atoms with Crippen molar-refractivity contribution in [3.63, 3.8) is 0 Å². The van der Waals surface area contributed by atoms with E-state index in [9.17, 15) is 14.4 Å². The third kappa shape index (κ3) is 7.36. The lowest BCUT2D eigenvalue weighted by Crippen LogP contribution is -2.37. The number of halogens is 1. The number of cyclic esters (lactones) is 1.